The van der Waals surface area contributed by atoms with E-state index in [0.717, 1.165) is 24.1 Å². The van der Waals surface area contributed by atoms with Crippen molar-refractivity contribution in [3.05, 3.63) is 65.2 Å². The predicted molar refractivity (Wildman–Crippen MR) is 101 cm³/mol. The molecule has 5 heteroatoms. The summed E-state index contributed by atoms with van der Waals surface area (Å²) in [6.07, 6.45) is 5.12. The van der Waals surface area contributed by atoms with Crippen molar-refractivity contribution in [3.63, 3.8) is 0 Å². The number of hydrazine groups is 1. The van der Waals surface area contributed by atoms with Crippen LogP contribution in [0.3, 0.4) is 0 Å². The SMILES string of the molecule is O=C(Cc1ccc2c(c1)CCCC2)NNC(=S)Nc1ccccc1. The first-order valence-electron chi connectivity index (χ1n) is 8.22. The van der Waals surface area contributed by atoms with E-state index in [2.05, 4.69) is 28.3 Å². The summed E-state index contributed by atoms with van der Waals surface area (Å²) in [5, 5.41) is 3.37. The predicted octanol–water partition coefficient (Wildman–Crippen LogP) is 3.13. The van der Waals surface area contributed by atoms with E-state index in [4.69, 9.17) is 12.2 Å². The number of amides is 1. The zero-order valence-corrected chi connectivity index (χ0v) is 14.3. The first-order chi connectivity index (χ1) is 11.7. The van der Waals surface area contributed by atoms with Gasteiger partial charge in [0.05, 0.1) is 6.42 Å². The number of hydrogen-bond donors (Lipinski definition) is 3. The molecule has 0 aliphatic heterocycles. The molecular formula is C19H21N3OS. The van der Waals surface area contributed by atoms with Gasteiger partial charge in [-0.15, -0.1) is 0 Å². The molecule has 124 valence electrons. The van der Waals surface area contributed by atoms with Gasteiger partial charge in [-0.2, -0.15) is 0 Å². The first kappa shape index (κ1) is 16.5. The zero-order valence-electron chi connectivity index (χ0n) is 13.5. The molecule has 0 radical (unpaired) electrons. The number of rotatable bonds is 3. The monoisotopic (exact) mass is 339 g/mol. The third-order valence-electron chi connectivity index (χ3n) is 4.12. The van der Waals surface area contributed by atoms with Crippen molar-refractivity contribution in [3.8, 4) is 0 Å². The van der Waals surface area contributed by atoms with Crippen LogP contribution in [0.15, 0.2) is 48.5 Å². The van der Waals surface area contributed by atoms with Crippen LogP contribution in [0.25, 0.3) is 0 Å². The Labute approximate surface area is 147 Å². The van der Waals surface area contributed by atoms with Crippen LogP contribution in [0, 0.1) is 0 Å². The van der Waals surface area contributed by atoms with Crippen LogP contribution >= 0.6 is 12.2 Å². The number of nitrogens with one attached hydrogen (secondary N) is 3. The molecule has 1 amide bonds. The second kappa shape index (κ2) is 7.93. The van der Waals surface area contributed by atoms with Gasteiger partial charge in [0.1, 0.15) is 0 Å². The van der Waals surface area contributed by atoms with Crippen LogP contribution in [0.5, 0.6) is 0 Å². The van der Waals surface area contributed by atoms with E-state index in [1.807, 2.05) is 36.4 Å². The summed E-state index contributed by atoms with van der Waals surface area (Å²) in [5.41, 5.74) is 10.1. The van der Waals surface area contributed by atoms with Gasteiger partial charge in [0, 0.05) is 5.69 Å². The molecule has 0 saturated carbocycles. The molecule has 4 nitrogen and oxygen atoms in total. The summed E-state index contributed by atoms with van der Waals surface area (Å²) in [6.45, 7) is 0. The van der Waals surface area contributed by atoms with Gasteiger partial charge in [0.2, 0.25) is 5.91 Å². The van der Waals surface area contributed by atoms with E-state index < -0.39 is 0 Å². The maximum Gasteiger partial charge on any atom is 0.242 e. The molecule has 1 aliphatic carbocycles. The van der Waals surface area contributed by atoms with Gasteiger partial charge >= 0.3 is 0 Å². The molecule has 3 N–H and O–H groups in total. The second-order valence-electron chi connectivity index (χ2n) is 5.98. The third-order valence-corrected chi connectivity index (χ3v) is 4.33. The molecular weight excluding hydrogens is 318 g/mol. The highest BCUT2D eigenvalue weighted by atomic mass is 32.1. The average Bonchev–Trinajstić information content (AvgIpc) is 2.61. The second-order valence-corrected chi connectivity index (χ2v) is 6.39. The highest BCUT2D eigenvalue weighted by Crippen LogP contribution is 2.22. The lowest BCUT2D eigenvalue weighted by Crippen LogP contribution is -2.44. The topological polar surface area (TPSA) is 53.2 Å². The third kappa shape index (κ3) is 4.55. The van der Waals surface area contributed by atoms with Gasteiger partial charge in [0.25, 0.3) is 0 Å². The molecule has 0 unspecified atom stereocenters. The molecule has 0 saturated heterocycles. The molecule has 24 heavy (non-hydrogen) atoms. The molecule has 0 aromatic heterocycles. The number of hydrogen-bond acceptors (Lipinski definition) is 2. The Hall–Kier alpha value is -2.40. The lowest BCUT2D eigenvalue weighted by molar-refractivity contribution is -0.120. The number of benzene rings is 2. The van der Waals surface area contributed by atoms with E-state index in [-0.39, 0.29) is 5.91 Å². The van der Waals surface area contributed by atoms with Crippen molar-refractivity contribution >= 4 is 28.9 Å². The first-order valence-corrected chi connectivity index (χ1v) is 8.63. The fourth-order valence-electron chi connectivity index (χ4n) is 2.94. The molecule has 2 aromatic carbocycles. The van der Waals surface area contributed by atoms with Crippen molar-refractivity contribution in [2.45, 2.75) is 32.1 Å². The highest BCUT2D eigenvalue weighted by molar-refractivity contribution is 7.80. The lowest BCUT2D eigenvalue weighted by Gasteiger charge is -2.16. The summed E-state index contributed by atoms with van der Waals surface area (Å²) in [5.74, 6) is -0.108. The molecule has 0 spiro atoms. The lowest BCUT2D eigenvalue weighted by atomic mass is 9.90. The molecule has 1 aliphatic rings. The summed E-state index contributed by atoms with van der Waals surface area (Å²) in [7, 11) is 0. The number of para-hydroxylation sites is 1. The Morgan fingerprint density at radius 3 is 2.50 bits per heavy atom. The molecule has 0 heterocycles. The van der Waals surface area contributed by atoms with Crippen LogP contribution in [0.2, 0.25) is 0 Å². The van der Waals surface area contributed by atoms with Gasteiger partial charge in [-0.25, -0.2) is 0 Å². The van der Waals surface area contributed by atoms with Gasteiger partial charge in [-0.1, -0.05) is 36.4 Å². The molecule has 2 aromatic rings. The number of carbonyl (C=O) groups is 1. The van der Waals surface area contributed by atoms with Crippen LogP contribution in [-0.4, -0.2) is 11.0 Å². The number of fused-ring (bicyclic) bond motifs is 1. The van der Waals surface area contributed by atoms with E-state index in [1.54, 1.807) is 0 Å². The van der Waals surface area contributed by atoms with Crippen molar-refractivity contribution in [2.75, 3.05) is 5.32 Å². The average molecular weight is 339 g/mol. The van der Waals surface area contributed by atoms with E-state index >= 15 is 0 Å². The van der Waals surface area contributed by atoms with Gasteiger partial charge in [-0.05, 0) is 66.7 Å². The van der Waals surface area contributed by atoms with E-state index in [9.17, 15) is 4.79 Å². The van der Waals surface area contributed by atoms with Crippen LogP contribution < -0.4 is 16.2 Å². The Bertz CT molecular complexity index is 731. The van der Waals surface area contributed by atoms with E-state index in [1.165, 1.54) is 24.0 Å². The minimum Gasteiger partial charge on any atom is -0.331 e. The summed E-state index contributed by atoms with van der Waals surface area (Å²) in [6, 6.07) is 15.9. The van der Waals surface area contributed by atoms with Gasteiger partial charge in [0.15, 0.2) is 5.11 Å². The fraction of sp³-hybridized carbons (Fsp3) is 0.263. The molecule has 0 bridgehead atoms. The van der Waals surface area contributed by atoms with Crippen molar-refractivity contribution in [1.29, 1.82) is 0 Å². The Kier molecular flexibility index (Phi) is 5.43. The molecule has 0 atom stereocenters. The Morgan fingerprint density at radius 1 is 0.958 bits per heavy atom. The Morgan fingerprint density at radius 2 is 1.71 bits per heavy atom. The molecule has 0 fully saturated rings. The minimum atomic E-state index is -0.108. The maximum absolute atomic E-state index is 12.1. The van der Waals surface area contributed by atoms with Crippen molar-refractivity contribution < 1.29 is 4.79 Å². The highest BCUT2D eigenvalue weighted by Gasteiger charge is 2.11. The number of thiocarbonyl (C=S) groups is 1. The fourth-order valence-corrected chi connectivity index (χ4v) is 3.11. The van der Waals surface area contributed by atoms with E-state index in [0.29, 0.717) is 11.5 Å². The van der Waals surface area contributed by atoms with Gasteiger partial charge in [-0.3, -0.25) is 15.6 Å². The maximum atomic E-state index is 12.1. The summed E-state index contributed by atoms with van der Waals surface area (Å²) in [4.78, 5) is 12.1. The normalized spacial score (nSPS) is 12.8. The van der Waals surface area contributed by atoms with Crippen LogP contribution in [-0.2, 0) is 24.1 Å². The summed E-state index contributed by atoms with van der Waals surface area (Å²) >= 11 is 5.16. The zero-order chi connectivity index (χ0) is 16.8. The van der Waals surface area contributed by atoms with Gasteiger partial charge < -0.3 is 5.32 Å². The minimum absolute atomic E-state index is 0.108. The molecule has 3 rings (SSSR count). The van der Waals surface area contributed by atoms with Crippen LogP contribution in [0.4, 0.5) is 5.69 Å². The Balaban J connectivity index is 1.48. The number of aryl methyl sites for hydroxylation is 2. The van der Waals surface area contributed by atoms with Crippen LogP contribution in [0.1, 0.15) is 29.5 Å². The largest absolute Gasteiger partial charge is 0.331 e. The number of carbonyl (C=O) groups excluding carboxylic acids is 1. The van der Waals surface area contributed by atoms with Crippen molar-refractivity contribution in [2.24, 2.45) is 0 Å². The quantitative estimate of drug-likeness (QED) is 0.594. The number of anilines is 1. The summed E-state index contributed by atoms with van der Waals surface area (Å²) < 4.78 is 0. The smallest absolute Gasteiger partial charge is 0.242 e. The standard InChI is InChI=1S/C19H21N3OS/c23-18(21-22-19(24)20-17-8-2-1-3-9-17)13-14-10-11-15-6-4-5-7-16(15)12-14/h1-3,8-12H,4-7,13H2,(H,21,23)(H2,20,22,24). The van der Waals surface area contributed by atoms with Crippen molar-refractivity contribution in [1.82, 2.24) is 10.9 Å².